The van der Waals surface area contributed by atoms with Gasteiger partial charge in [0.25, 0.3) is 17.2 Å². The summed E-state index contributed by atoms with van der Waals surface area (Å²) in [4.78, 5) is 48.5. The van der Waals surface area contributed by atoms with Crippen LogP contribution >= 0.6 is 23.8 Å². The molecule has 10 nitrogen and oxygen atoms in total. The number of halogens is 1. The first-order chi connectivity index (χ1) is 18.1. The van der Waals surface area contributed by atoms with Crippen LogP contribution in [0.15, 0.2) is 65.2 Å². The van der Waals surface area contributed by atoms with Crippen LogP contribution in [-0.2, 0) is 9.59 Å². The van der Waals surface area contributed by atoms with Gasteiger partial charge in [-0.15, -0.1) is 0 Å². The minimum absolute atomic E-state index is 0.0837. The monoisotopic (exact) mass is 554 g/mol. The van der Waals surface area contributed by atoms with Gasteiger partial charge in [-0.1, -0.05) is 36.0 Å². The number of hydrogen-bond donors (Lipinski definition) is 2. The fraction of sp³-hybridized carbons (Fsp3) is 0.231. The Morgan fingerprint density at radius 2 is 2.11 bits per heavy atom. The van der Waals surface area contributed by atoms with Crippen molar-refractivity contribution in [3.8, 4) is 5.75 Å². The lowest BCUT2D eigenvalue weighted by molar-refractivity contribution is -0.414. The molecule has 0 spiro atoms. The predicted molar refractivity (Wildman–Crippen MR) is 147 cm³/mol. The van der Waals surface area contributed by atoms with E-state index in [-0.39, 0.29) is 34.2 Å². The molecule has 1 aromatic heterocycles. The van der Waals surface area contributed by atoms with Gasteiger partial charge in [-0.05, 0) is 55.7 Å². The Balaban J connectivity index is 1.62. The van der Waals surface area contributed by atoms with Gasteiger partial charge in [0.15, 0.2) is 6.10 Å². The van der Waals surface area contributed by atoms with Crippen LogP contribution in [0.3, 0.4) is 0 Å². The molecule has 12 heteroatoms. The lowest BCUT2D eigenvalue weighted by atomic mass is 9.92. The van der Waals surface area contributed by atoms with Crippen molar-refractivity contribution in [2.24, 2.45) is 5.92 Å². The van der Waals surface area contributed by atoms with Gasteiger partial charge in [0.1, 0.15) is 5.75 Å². The number of aromatic nitrogens is 1. The third-order valence-electron chi connectivity index (χ3n) is 6.18. The van der Waals surface area contributed by atoms with Crippen LogP contribution < -0.4 is 21.0 Å². The van der Waals surface area contributed by atoms with E-state index < -0.39 is 22.5 Å². The zero-order valence-corrected chi connectivity index (χ0v) is 21.8. The van der Waals surface area contributed by atoms with Crippen LogP contribution in [0.2, 0.25) is 5.02 Å². The second kappa shape index (κ2) is 11.1. The minimum Gasteiger partial charge on any atom is -0.480 e. The maximum atomic E-state index is 13.3. The summed E-state index contributed by atoms with van der Waals surface area (Å²) in [6, 6.07) is 7.82. The standard InChI is InChI=1S/C26H23ClN4O6S/c1-14-10-23(38)21(31(35)36)12-19(14)18-4-3-9-30(26(18)34)29-25(33)24(16-5-6-16)37-22-8-7-17(27)11-20(22)15(2)28-13-32/h3-4,7-9,11-13,16,24H,2,5-6,10H2,1H3,(H,28,32)(H,29,33). The highest BCUT2D eigenvalue weighted by atomic mass is 35.5. The highest BCUT2D eigenvalue weighted by molar-refractivity contribution is 7.80. The average Bonchev–Trinajstić information content (AvgIpc) is 3.70. The van der Waals surface area contributed by atoms with E-state index in [1.165, 1.54) is 18.3 Å². The number of rotatable bonds is 10. The zero-order valence-electron chi connectivity index (χ0n) is 20.2. The van der Waals surface area contributed by atoms with Crippen molar-refractivity contribution in [1.82, 2.24) is 9.99 Å². The molecule has 2 aromatic rings. The largest absolute Gasteiger partial charge is 0.480 e. The van der Waals surface area contributed by atoms with Gasteiger partial charge in [-0.2, -0.15) is 0 Å². The maximum Gasteiger partial charge on any atom is 0.284 e. The van der Waals surface area contributed by atoms with Gasteiger partial charge in [0.2, 0.25) is 6.41 Å². The van der Waals surface area contributed by atoms with Crippen molar-refractivity contribution in [2.45, 2.75) is 32.3 Å². The number of thiocarbonyl (C=S) groups is 1. The molecule has 2 amide bonds. The molecule has 1 heterocycles. The molecule has 196 valence electrons. The predicted octanol–water partition coefficient (Wildman–Crippen LogP) is 3.85. The molecule has 0 radical (unpaired) electrons. The van der Waals surface area contributed by atoms with E-state index in [9.17, 15) is 24.5 Å². The molecule has 1 fully saturated rings. The van der Waals surface area contributed by atoms with E-state index in [1.807, 2.05) is 0 Å². The first-order valence-corrected chi connectivity index (χ1v) is 12.4. The summed E-state index contributed by atoms with van der Waals surface area (Å²) in [6.07, 6.45) is 3.90. The molecule has 1 saturated carbocycles. The van der Waals surface area contributed by atoms with E-state index >= 15 is 0 Å². The van der Waals surface area contributed by atoms with Crippen molar-refractivity contribution in [2.75, 3.05) is 5.43 Å². The third-order valence-corrected chi connectivity index (χ3v) is 6.77. The number of carbonyl (C=O) groups excluding carboxylic acids is 2. The number of hydrogen-bond acceptors (Lipinski definition) is 7. The van der Waals surface area contributed by atoms with Crippen LogP contribution in [0.5, 0.6) is 5.75 Å². The van der Waals surface area contributed by atoms with Gasteiger partial charge in [-0.3, -0.25) is 29.9 Å². The smallest absolute Gasteiger partial charge is 0.284 e. The van der Waals surface area contributed by atoms with Crippen LogP contribution in [0.25, 0.3) is 11.3 Å². The number of pyridine rings is 1. The molecule has 2 aliphatic rings. The van der Waals surface area contributed by atoms with Crippen molar-refractivity contribution >= 4 is 52.3 Å². The fourth-order valence-electron chi connectivity index (χ4n) is 4.09. The normalized spacial score (nSPS) is 15.8. The Bertz CT molecular complexity index is 1490. The van der Waals surface area contributed by atoms with E-state index in [0.717, 1.165) is 17.5 Å². The number of carbonyl (C=O) groups is 2. The molecule has 1 atom stereocenters. The lowest BCUT2D eigenvalue weighted by Gasteiger charge is -2.22. The Morgan fingerprint density at radius 3 is 2.76 bits per heavy atom. The summed E-state index contributed by atoms with van der Waals surface area (Å²) in [6.45, 7) is 5.55. The molecule has 0 saturated heterocycles. The van der Waals surface area contributed by atoms with E-state index in [1.54, 1.807) is 31.2 Å². The minimum atomic E-state index is -0.941. The second-order valence-electron chi connectivity index (χ2n) is 8.91. The van der Waals surface area contributed by atoms with E-state index in [4.69, 9.17) is 28.6 Å². The van der Waals surface area contributed by atoms with Gasteiger partial charge in [0.05, 0.1) is 9.79 Å². The summed E-state index contributed by atoms with van der Waals surface area (Å²) in [5.74, 6) is -0.350. The second-order valence-corrected chi connectivity index (χ2v) is 9.84. The van der Waals surface area contributed by atoms with Crippen molar-refractivity contribution in [3.63, 3.8) is 0 Å². The van der Waals surface area contributed by atoms with Crippen LogP contribution in [0.4, 0.5) is 0 Å². The topological polar surface area (TPSA) is 133 Å². The zero-order chi connectivity index (χ0) is 27.6. The van der Waals surface area contributed by atoms with Gasteiger partial charge >= 0.3 is 0 Å². The Labute approximate surface area is 227 Å². The molecular weight excluding hydrogens is 532 g/mol. The number of amides is 2. The molecule has 0 bridgehead atoms. The Kier molecular flexibility index (Phi) is 7.88. The quantitative estimate of drug-likeness (QED) is 0.197. The summed E-state index contributed by atoms with van der Waals surface area (Å²) in [7, 11) is 0. The molecule has 2 N–H and O–H groups in total. The van der Waals surface area contributed by atoms with Crippen molar-refractivity contribution < 1.29 is 19.2 Å². The van der Waals surface area contributed by atoms with E-state index in [0.29, 0.717) is 33.9 Å². The number of nitrogens with one attached hydrogen (secondary N) is 2. The summed E-state index contributed by atoms with van der Waals surface area (Å²) >= 11 is 11.2. The molecule has 1 aromatic carbocycles. The first kappa shape index (κ1) is 27.0. The summed E-state index contributed by atoms with van der Waals surface area (Å²) in [5, 5.41) is 14.2. The van der Waals surface area contributed by atoms with Gasteiger partial charge < -0.3 is 10.1 Å². The van der Waals surface area contributed by atoms with E-state index in [2.05, 4.69) is 17.3 Å². The lowest BCUT2D eigenvalue weighted by Crippen LogP contribution is -2.42. The van der Waals surface area contributed by atoms with Crippen LogP contribution in [-0.4, -0.2) is 32.9 Å². The third kappa shape index (κ3) is 5.74. The average molecular weight is 555 g/mol. The van der Waals surface area contributed by atoms with Gasteiger partial charge in [-0.25, -0.2) is 4.68 Å². The van der Waals surface area contributed by atoms with Crippen molar-refractivity contribution in [3.05, 3.63) is 97.1 Å². The highest BCUT2D eigenvalue weighted by Gasteiger charge is 2.39. The summed E-state index contributed by atoms with van der Waals surface area (Å²) in [5.41, 5.74) is 3.74. The number of benzene rings is 1. The Hall–Kier alpha value is -4.09. The highest BCUT2D eigenvalue weighted by Crippen LogP contribution is 2.37. The van der Waals surface area contributed by atoms with Crippen LogP contribution in [0.1, 0.15) is 37.3 Å². The molecule has 2 aliphatic carbocycles. The van der Waals surface area contributed by atoms with Gasteiger partial charge in [0, 0.05) is 46.5 Å². The number of allylic oxidation sites excluding steroid dienone is 4. The van der Waals surface area contributed by atoms with Crippen molar-refractivity contribution in [1.29, 1.82) is 0 Å². The fourth-order valence-corrected chi connectivity index (χ4v) is 4.61. The molecule has 0 aliphatic heterocycles. The first-order valence-electron chi connectivity index (χ1n) is 11.6. The summed E-state index contributed by atoms with van der Waals surface area (Å²) < 4.78 is 7.10. The SMILES string of the molecule is C=C(NC=O)c1cc(Cl)ccc1OC(C(=O)Nn1cccc(C2=C(C)CC(=S)C([N+](=O)[O-])=C2)c1=O)C1CC1. The number of ether oxygens (including phenoxy) is 1. The Morgan fingerprint density at radius 1 is 1.37 bits per heavy atom. The molecule has 38 heavy (non-hydrogen) atoms. The van der Waals surface area contributed by atoms with Crippen LogP contribution in [0, 0.1) is 16.0 Å². The molecular formula is C26H23ClN4O6S. The maximum absolute atomic E-state index is 13.3. The number of nitro groups is 1. The number of nitrogens with zero attached hydrogens (tertiary/aromatic N) is 2. The molecule has 4 rings (SSSR count). The molecule has 1 unspecified atom stereocenters.